The molecule has 0 aliphatic heterocycles. The number of phenolic OH excluding ortho intramolecular Hbond substituents is 1. The van der Waals surface area contributed by atoms with Gasteiger partial charge in [-0.15, -0.1) is 0 Å². The molecule has 3 aromatic carbocycles. The fraction of sp³-hybridized carbons (Fsp3) is 0.240. The Labute approximate surface area is 164 Å². The number of aryl methyl sites for hydroxylation is 2. The molecule has 0 saturated heterocycles. The zero-order valence-corrected chi connectivity index (χ0v) is 15.6. The van der Waals surface area contributed by atoms with E-state index in [4.69, 9.17) is 0 Å². The number of rotatable bonds is 5. The third-order valence-electron chi connectivity index (χ3n) is 5.78. The highest BCUT2D eigenvalue weighted by molar-refractivity contribution is 5.50. The van der Waals surface area contributed by atoms with Crippen molar-refractivity contribution >= 4 is 6.29 Å². The molecular formula is C25H23FO2. The van der Waals surface area contributed by atoms with Gasteiger partial charge in [0.1, 0.15) is 17.9 Å². The Balaban J connectivity index is 1.75. The van der Waals surface area contributed by atoms with Gasteiger partial charge in [-0.1, -0.05) is 42.5 Å². The van der Waals surface area contributed by atoms with Gasteiger partial charge in [0.25, 0.3) is 0 Å². The quantitative estimate of drug-likeness (QED) is 0.597. The van der Waals surface area contributed by atoms with Crippen LogP contribution in [0.3, 0.4) is 0 Å². The Hall–Kier alpha value is -2.94. The SMILES string of the molecule is O=CCCc1ccc([C@@H]2c3ccc(O)cc3CC[C@@H]2c2ccc(F)cc2)cc1. The zero-order valence-electron chi connectivity index (χ0n) is 15.6. The Morgan fingerprint density at radius 1 is 0.964 bits per heavy atom. The molecule has 2 atom stereocenters. The number of carbonyl (C=O) groups is 1. The van der Waals surface area contributed by atoms with Crippen LogP contribution in [0.4, 0.5) is 4.39 Å². The highest BCUT2D eigenvalue weighted by atomic mass is 19.1. The number of aromatic hydroxyl groups is 1. The monoisotopic (exact) mass is 374 g/mol. The van der Waals surface area contributed by atoms with Crippen molar-refractivity contribution in [2.24, 2.45) is 0 Å². The van der Waals surface area contributed by atoms with Crippen LogP contribution in [-0.4, -0.2) is 11.4 Å². The van der Waals surface area contributed by atoms with Crippen molar-refractivity contribution in [1.82, 2.24) is 0 Å². The molecule has 0 aromatic heterocycles. The maximum atomic E-state index is 13.5. The Morgan fingerprint density at radius 3 is 2.39 bits per heavy atom. The van der Waals surface area contributed by atoms with Crippen molar-refractivity contribution in [2.75, 3.05) is 0 Å². The van der Waals surface area contributed by atoms with Crippen molar-refractivity contribution in [3.63, 3.8) is 0 Å². The van der Waals surface area contributed by atoms with Gasteiger partial charge >= 0.3 is 0 Å². The molecule has 142 valence electrons. The van der Waals surface area contributed by atoms with E-state index in [9.17, 15) is 14.3 Å². The van der Waals surface area contributed by atoms with Gasteiger partial charge in [-0.25, -0.2) is 4.39 Å². The van der Waals surface area contributed by atoms with Crippen LogP contribution in [0.5, 0.6) is 5.75 Å². The van der Waals surface area contributed by atoms with Crippen molar-refractivity contribution in [1.29, 1.82) is 0 Å². The second-order valence-corrected chi connectivity index (χ2v) is 7.50. The lowest BCUT2D eigenvalue weighted by molar-refractivity contribution is -0.107. The summed E-state index contributed by atoms with van der Waals surface area (Å²) < 4.78 is 13.5. The summed E-state index contributed by atoms with van der Waals surface area (Å²) >= 11 is 0. The molecule has 28 heavy (non-hydrogen) atoms. The molecule has 0 saturated carbocycles. The van der Waals surface area contributed by atoms with Gasteiger partial charge in [0.15, 0.2) is 0 Å². The first-order chi connectivity index (χ1) is 13.7. The van der Waals surface area contributed by atoms with Crippen LogP contribution in [0.15, 0.2) is 66.7 Å². The number of aldehydes is 1. The lowest BCUT2D eigenvalue weighted by Gasteiger charge is -2.35. The lowest BCUT2D eigenvalue weighted by atomic mass is 9.69. The summed E-state index contributed by atoms with van der Waals surface area (Å²) in [6.07, 6.45) is 4.06. The van der Waals surface area contributed by atoms with Crippen LogP contribution in [0.25, 0.3) is 0 Å². The van der Waals surface area contributed by atoms with E-state index in [-0.39, 0.29) is 17.7 Å². The molecule has 3 heteroatoms. The molecule has 0 radical (unpaired) electrons. The molecule has 0 amide bonds. The molecule has 0 fully saturated rings. The number of phenols is 1. The smallest absolute Gasteiger partial charge is 0.123 e. The summed E-state index contributed by atoms with van der Waals surface area (Å²) in [5.41, 5.74) is 5.88. The van der Waals surface area contributed by atoms with Crippen molar-refractivity contribution < 1.29 is 14.3 Å². The maximum Gasteiger partial charge on any atom is 0.123 e. The summed E-state index contributed by atoms with van der Waals surface area (Å²) in [6, 6.07) is 20.9. The topological polar surface area (TPSA) is 37.3 Å². The largest absolute Gasteiger partial charge is 0.508 e. The summed E-state index contributed by atoms with van der Waals surface area (Å²) in [6.45, 7) is 0. The highest BCUT2D eigenvalue weighted by Gasteiger charge is 2.32. The Morgan fingerprint density at radius 2 is 1.68 bits per heavy atom. The van der Waals surface area contributed by atoms with Crippen LogP contribution in [0.1, 0.15) is 52.5 Å². The van der Waals surface area contributed by atoms with Crippen molar-refractivity contribution in [3.8, 4) is 5.75 Å². The molecular weight excluding hydrogens is 351 g/mol. The fourth-order valence-corrected chi connectivity index (χ4v) is 4.40. The second-order valence-electron chi connectivity index (χ2n) is 7.50. The van der Waals surface area contributed by atoms with E-state index < -0.39 is 0 Å². The van der Waals surface area contributed by atoms with Gasteiger partial charge in [0.2, 0.25) is 0 Å². The van der Waals surface area contributed by atoms with Crippen molar-refractivity contribution in [3.05, 3.63) is 100 Å². The van der Waals surface area contributed by atoms with E-state index >= 15 is 0 Å². The Kier molecular flexibility index (Phi) is 5.25. The standard InChI is InChI=1S/C25H23FO2/c26-21-10-7-18(8-11-21)23-13-9-20-16-22(28)12-14-24(20)25(23)19-5-3-17(4-6-19)2-1-15-27/h3-8,10-12,14-16,23,25,28H,1-2,9,13H2/t23-,25+/m1/s1. The van der Waals surface area contributed by atoms with E-state index in [0.29, 0.717) is 12.2 Å². The van der Waals surface area contributed by atoms with Crippen LogP contribution in [-0.2, 0) is 17.6 Å². The van der Waals surface area contributed by atoms with E-state index in [2.05, 4.69) is 24.3 Å². The summed E-state index contributed by atoms with van der Waals surface area (Å²) in [5, 5.41) is 9.91. The molecule has 2 nitrogen and oxygen atoms in total. The molecule has 1 aliphatic carbocycles. The Bertz CT molecular complexity index is 961. The minimum absolute atomic E-state index is 0.148. The van der Waals surface area contributed by atoms with E-state index in [1.165, 1.54) is 28.8 Å². The lowest BCUT2D eigenvalue weighted by Crippen LogP contribution is -2.20. The number of carbonyl (C=O) groups excluding carboxylic acids is 1. The second kappa shape index (κ2) is 7.97. The summed E-state index contributed by atoms with van der Waals surface area (Å²) in [5.74, 6) is 0.469. The normalized spacial score (nSPS) is 18.5. The average Bonchev–Trinajstić information content (AvgIpc) is 2.72. The van der Waals surface area contributed by atoms with E-state index in [0.717, 1.165) is 36.7 Å². The van der Waals surface area contributed by atoms with Crippen molar-refractivity contribution in [2.45, 2.75) is 37.5 Å². The van der Waals surface area contributed by atoms with Crippen LogP contribution in [0, 0.1) is 5.82 Å². The van der Waals surface area contributed by atoms with E-state index in [1.807, 2.05) is 24.3 Å². The van der Waals surface area contributed by atoms with Gasteiger partial charge in [-0.2, -0.15) is 0 Å². The summed E-state index contributed by atoms with van der Waals surface area (Å²) in [7, 11) is 0. The van der Waals surface area contributed by atoms with Gasteiger partial charge in [-0.05, 0) is 77.3 Å². The number of fused-ring (bicyclic) bond motifs is 1. The van der Waals surface area contributed by atoms with Crippen LogP contribution >= 0.6 is 0 Å². The van der Waals surface area contributed by atoms with Crippen LogP contribution in [0.2, 0.25) is 0 Å². The minimum atomic E-state index is -0.221. The third-order valence-corrected chi connectivity index (χ3v) is 5.78. The molecule has 0 heterocycles. The number of halogens is 1. The first kappa shape index (κ1) is 18.4. The first-order valence-electron chi connectivity index (χ1n) is 9.75. The third kappa shape index (κ3) is 3.70. The number of hydrogen-bond acceptors (Lipinski definition) is 2. The maximum absolute atomic E-state index is 13.5. The predicted molar refractivity (Wildman–Crippen MR) is 108 cm³/mol. The fourth-order valence-electron chi connectivity index (χ4n) is 4.40. The number of hydrogen-bond donors (Lipinski definition) is 1. The van der Waals surface area contributed by atoms with Gasteiger partial charge in [0.05, 0.1) is 0 Å². The molecule has 0 unspecified atom stereocenters. The molecule has 3 aromatic rings. The molecule has 1 aliphatic rings. The van der Waals surface area contributed by atoms with Gasteiger partial charge in [0, 0.05) is 12.3 Å². The van der Waals surface area contributed by atoms with Gasteiger partial charge in [-0.3, -0.25) is 0 Å². The highest BCUT2D eigenvalue weighted by Crippen LogP contribution is 2.46. The molecule has 1 N–H and O–H groups in total. The molecule has 0 spiro atoms. The summed E-state index contributed by atoms with van der Waals surface area (Å²) in [4.78, 5) is 10.6. The number of benzene rings is 3. The average molecular weight is 374 g/mol. The van der Waals surface area contributed by atoms with Crippen LogP contribution < -0.4 is 0 Å². The van der Waals surface area contributed by atoms with E-state index in [1.54, 1.807) is 6.07 Å². The first-order valence-corrected chi connectivity index (χ1v) is 9.75. The zero-order chi connectivity index (χ0) is 19.5. The molecule has 4 rings (SSSR count). The predicted octanol–water partition coefficient (Wildman–Crippen LogP) is 5.52. The molecule has 0 bridgehead atoms. The van der Waals surface area contributed by atoms with Gasteiger partial charge < -0.3 is 9.90 Å². The minimum Gasteiger partial charge on any atom is -0.508 e.